The minimum Gasteiger partial charge on any atom is -0.324 e. The second-order valence-corrected chi connectivity index (χ2v) is 5.85. The van der Waals surface area contributed by atoms with Crippen molar-refractivity contribution in [3.63, 3.8) is 0 Å². The number of aromatic nitrogens is 5. The molecule has 3 heterocycles. The molecule has 0 aliphatic rings. The summed E-state index contributed by atoms with van der Waals surface area (Å²) in [4.78, 5) is 27.5. The van der Waals surface area contributed by atoms with Gasteiger partial charge in [0.1, 0.15) is 5.52 Å². The van der Waals surface area contributed by atoms with Crippen molar-refractivity contribution in [1.82, 2.24) is 24.5 Å². The molecule has 0 saturated heterocycles. The van der Waals surface area contributed by atoms with Gasteiger partial charge in [0, 0.05) is 24.3 Å². The van der Waals surface area contributed by atoms with E-state index in [4.69, 9.17) is 0 Å². The van der Waals surface area contributed by atoms with Gasteiger partial charge in [-0.3, -0.25) is 14.5 Å². The van der Waals surface area contributed by atoms with Gasteiger partial charge in [0.15, 0.2) is 5.65 Å². The zero-order valence-electron chi connectivity index (χ0n) is 13.6. The molecule has 0 aliphatic carbocycles. The Hall–Kier alpha value is -3.22. The molecule has 7 nitrogen and oxygen atoms in total. The molecule has 0 unspecified atom stereocenters. The van der Waals surface area contributed by atoms with Crippen molar-refractivity contribution in [3.8, 4) is 0 Å². The van der Waals surface area contributed by atoms with Gasteiger partial charge in [-0.05, 0) is 43.2 Å². The fraction of sp³-hybridized carbons (Fsp3) is 0.176. The predicted molar refractivity (Wildman–Crippen MR) is 93.6 cm³/mol. The van der Waals surface area contributed by atoms with E-state index in [1.807, 2.05) is 31.3 Å². The van der Waals surface area contributed by atoms with E-state index in [2.05, 4.69) is 32.2 Å². The topological polar surface area (TPSA) is 88.5 Å². The standard InChI is InChI=1S/C17H16N6O/c1-9-4-5-18-13-6-10(2)12(7-11(9)13)20-16-19-8-14-15(21-16)22-17(24)23(14)3/h4-8H,1-3H3,(H2,19,20,21,22,24). The highest BCUT2D eigenvalue weighted by atomic mass is 16.1. The lowest BCUT2D eigenvalue weighted by Gasteiger charge is -2.10. The van der Waals surface area contributed by atoms with Crippen molar-refractivity contribution >= 4 is 33.7 Å². The van der Waals surface area contributed by atoms with Gasteiger partial charge >= 0.3 is 5.69 Å². The Balaban J connectivity index is 1.80. The average molecular weight is 320 g/mol. The van der Waals surface area contributed by atoms with Gasteiger partial charge in [-0.15, -0.1) is 0 Å². The van der Waals surface area contributed by atoms with E-state index in [9.17, 15) is 4.79 Å². The third-order valence-electron chi connectivity index (χ3n) is 4.21. The van der Waals surface area contributed by atoms with E-state index in [1.165, 1.54) is 4.57 Å². The summed E-state index contributed by atoms with van der Waals surface area (Å²) in [5.74, 6) is 0.438. The van der Waals surface area contributed by atoms with Gasteiger partial charge in [-0.1, -0.05) is 0 Å². The summed E-state index contributed by atoms with van der Waals surface area (Å²) >= 11 is 0. The molecule has 24 heavy (non-hydrogen) atoms. The molecule has 120 valence electrons. The molecule has 4 rings (SSSR count). The molecule has 3 aromatic heterocycles. The zero-order valence-corrected chi connectivity index (χ0v) is 13.6. The number of nitrogens with zero attached hydrogens (tertiary/aromatic N) is 4. The maximum Gasteiger partial charge on any atom is 0.327 e. The third-order valence-corrected chi connectivity index (χ3v) is 4.21. The molecule has 0 radical (unpaired) electrons. The number of pyridine rings is 1. The minimum absolute atomic E-state index is 0.208. The van der Waals surface area contributed by atoms with Crippen molar-refractivity contribution in [1.29, 1.82) is 0 Å². The molecule has 0 atom stereocenters. The van der Waals surface area contributed by atoms with Crippen molar-refractivity contribution in [2.24, 2.45) is 7.05 Å². The van der Waals surface area contributed by atoms with Crippen LogP contribution in [0.2, 0.25) is 0 Å². The highest BCUT2D eigenvalue weighted by Gasteiger charge is 2.09. The molecule has 0 bridgehead atoms. The maximum absolute atomic E-state index is 11.7. The van der Waals surface area contributed by atoms with Crippen LogP contribution in [0.3, 0.4) is 0 Å². The number of anilines is 2. The van der Waals surface area contributed by atoms with Crippen LogP contribution in [0.15, 0.2) is 35.4 Å². The van der Waals surface area contributed by atoms with E-state index < -0.39 is 0 Å². The molecule has 0 saturated carbocycles. The van der Waals surface area contributed by atoms with Crippen molar-refractivity contribution in [3.05, 3.63) is 52.2 Å². The van der Waals surface area contributed by atoms with Gasteiger partial charge in [0.25, 0.3) is 0 Å². The lowest BCUT2D eigenvalue weighted by Crippen LogP contribution is -2.11. The normalized spacial score (nSPS) is 11.3. The number of hydrogen-bond donors (Lipinski definition) is 2. The zero-order chi connectivity index (χ0) is 16.8. The van der Waals surface area contributed by atoms with Crippen LogP contribution in [0.4, 0.5) is 11.6 Å². The van der Waals surface area contributed by atoms with Crippen LogP contribution in [0.25, 0.3) is 22.1 Å². The van der Waals surface area contributed by atoms with Crippen LogP contribution in [0, 0.1) is 13.8 Å². The van der Waals surface area contributed by atoms with Crippen molar-refractivity contribution in [2.75, 3.05) is 5.32 Å². The molecule has 4 aromatic rings. The summed E-state index contributed by atoms with van der Waals surface area (Å²) in [6.07, 6.45) is 3.44. The largest absolute Gasteiger partial charge is 0.327 e. The molecule has 0 aliphatic heterocycles. The van der Waals surface area contributed by atoms with Gasteiger partial charge < -0.3 is 5.32 Å². The Kier molecular flexibility index (Phi) is 3.09. The summed E-state index contributed by atoms with van der Waals surface area (Å²) in [5, 5.41) is 4.31. The molecule has 1 aromatic carbocycles. The highest BCUT2D eigenvalue weighted by Crippen LogP contribution is 2.26. The number of aryl methyl sites for hydroxylation is 3. The predicted octanol–water partition coefficient (Wildman–Crippen LogP) is 2.57. The number of aromatic amines is 1. The summed E-state index contributed by atoms with van der Waals surface area (Å²) < 4.78 is 1.48. The Morgan fingerprint density at radius 3 is 2.83 bits per heavy atom. The van der Waals surface area contributed by atoms with Crippen LogP contribution < -0.4 is 11.0 Å². The monoisotopic (exact) mass is 320 g/mol. The molecule has 7 heteroatoms. The lowest BCUT2D eigenvalue weighted by atomic mass is 10.1. The Morgan fingerprint density at radius 1 is 1.17 bits per heavy atom. The first kappa shape index (κ1) is 14.4. The smallest absolute Gasteiger partial charge is 0.324 e. The summed E-state index contributed by atoms with van der Waals surface area (Å²) in [6, 6.07) is 6.07. The number of hydrogen-bond acceptors (Lipinski definition) is 5. The number of imidazole rings is 1. The fourth-order valence-electron chi connectivity index (χ4n) is 2.76. The van der Waals surface area contributed by atoms with Crippen LogP contribution in [-0.2, 0) is 7.05 Å². The number of fused-ring (bicyclic) bond motifs is 2. The van der Waals surface area contributed by atoms with E-state index in [0.29, 0.717) is 17.1 Å². The highest BCUT2D eigenvalue weighted by molar-refractivity contribution is 5.87. The average Bonchev–Trinajstić information content (AvgIpc) is 2.83. The first-order valence-electron chi connectivity index (χ1n) is 7.57. The van der Waals surface area contributed by atoms with Crippen LogP contribution in [-0.4, -0.2) is 24.5 Å². The number of H-pyrrole nitrogens is 1. The fourth-order valence-corrected chi connectivity index (χ4v) is 2.76. The number of benzene rings is 1. The molecule has 2 N–H and O–H groups in total. The van der Waals surface area contributed by atoms with E-state index in [1.54, 1.807) is 13.2 Å². The van der Waals surface area contributed by atoms with Crippen LogP contribution in [0.1, 0.15) is 11.1 Å². The lowest BCUT2D eigenvalue weighted by molar-refractivity contribution is 0.890. The summed E-state index contributed by atoms with van der Waals surface area (Å²) in [7, 11) is 1.68. The minimum atomic E-state index is -0.208. The molecule has 0 amide bonds. The Morgan fingerprint density at radius 2 is 2.00 bits per heavy atom. The van der Waals surface area contributed by atoms with E-state index in [-0.39, 0.29) is 5.69 Å². The SMILES string of the molecule is Cc1cc2nccc(C)c2cc1Nc1ncc2c(n1)[nH]c(=O)n2C. The molecule has 0 fully saturated rings. The van der Waals surface area contributed by atoms with E-state index in [0.717, 1.165) is 27.7 Å². The van der Waals surface area contributed by atoms with Gasteiger partial charge in [0.2, 0.25) is 5.95 Å². The maximum atomic E-state index is 11.7. The number of nitrogens with one attached hydrogen (secondary N) is 2. The van der Waals surface area contributed by atoms with Gasteiger partial charge in [-0.2, -0.15) is 4.98 Å². The van der Waals surface area contributed by atoms with E-state index >= 15 is 0 Å². The summed E-state index contributed by atoms with van der Waals surface area (Å²) in [6.45, 7) is 4.06. The molecular formula is C17H16N6O. The molecule has 0 spiro atoms. The second-order valence-electron chi connectivity index (χ2n) is 5.85. The van der Waals surface area contributed by atoms with Crippen LogP contribution in [0.5, 0.6) is 0 Å². The first-order valence-corrected chi connectivity index (χ1v) is 7.57. The first-order chi connectivity index (χ1) is 11.5. The van der Waals surface area contributed by atoms with Crippen LogP contribution >= 0.6 is 0 Å². The Bertz CT molecular complexity index is 1140. The second kappa shape index (κ2) is 5.16. The summed E-state index contributed by atoms with van der Waals surface area (Å²) in [5.41, 5.74) is 5.05. The Labute approximate surface area is 137 Å². The van der Waals surface area contributed by atoms with Crippen molar-refractivity contribution in [2.45, 2.75) is 13.8 Å². The third kappa shape index (κ3) is 2.21. The molecular weight excluding hydrogens is 304 g/mol. The quantitative estimate of drug-likeness (QED) is 0.592. The van der Waals surface area contributed by atoms with Crippen molar-refractivity contribution < 1.29 is 0 Å². The number of rotatable bonds is 2. The van der Waals surface area contributed by atoms with Gasteiger partial charge in [0.05, 0.1) is 11.7 Å². The van der Waals surface area contributed by atoms with Gasteiger partial charge in [-0.25, -0.2) is 9.78 Å².